The Kier molecular flexibility index (Phi) is 4.80. The Labute approximate surface area is 108 Å². The molecular weight excluding hydrogens is 256 g/mol. The fourth-order valence-corrected chi connectivity index (χ4v) is 1.25. The number of nitrogens with zero attached hydrogens (tertiary/aromatic N) is 3. The molecule has 0 radical (unpaired) electrons. The average molecular weight is 270 g/mol. The average Bonchev–Trinajstić information content (AvgIpc) is 2.69. The molecule has 0 spiro atoms. The molecule has 104 valence electrons. The van der Waals surface area contributed by atoms with Crippen LogP contribution in [0.15, 0.2) is 6.33 Å². The zero-order chi connectivity index (χ0) is 14.4. The lowest BCUT2D eigenvalue weighted by Crippen LogP contribution is -2.43. The highest BCUT2D eigenvalue weighted by Gasteiger charge is 2.21. The first kappa shape index (κ1) is 14.4. The van der Waals surface area contributed by atoms with E-state index < -0.39 is 23.9 Å². The second-order valence-corrected chi connectivity index (χ2v) is 3.70. The van der Waals surface area contributed by atoms with Gasteiger partial charge in [-0.15, -0.1) is 0 Å². The summed E-state index contributed by atoms with van der Waals surface area (Å²) in [6.45, 7) is 0. The van der Waals surface area contributed by atoms with Gasteiger partial charge >= 0.3 is 12.0 Å². The van der Waals surface area contributed by atoms with E-state index in [1.807, 2.05) is 0 Å². The van der Waals surface area contributed by atoms with Crippen LogP contribution in [0.1, 0.15) is 12.8 Å². The van der Waals surface area contributed by atoms with E-state index in [0.717, 1.165) is 0 Å². The van der Waals surface area contributed by atoms with E-state index >= 15 is 0 Å². The van der Waals surface area contributed by atoms with Crippen LogP contribution in [0.4, 0.5) is 10.7 Å². The number of carbonyl (C=O) groups excluding carboxylic acids is 2. The molecule has 0 aliphatic rings. The first-order chi connectivity index (χ1) is 8.90. The third kappa shape index (κ3) is 4.61. The summed E-state index contributed by atoms with van der Waals surface area (Å²) in [6.07, 6.45) is 1.01. The van der Waals surface area contributed by atoms with Crippen LogP contribution in [-0.2, 0) is 16.6 Å². The number of nitrogens with one attached hydrogen (secondary N) is 2. The van der Waals surface area contributed by atoms with Crippen molar-refractivity contribution in [2.24, 2.45) is 12.8 Å². The summed E-state index contributed by atoms with van der Waals surface area (Å²) in [5, 5.41) is 17.1. The van der Waals surface area contributed by atoms with Crippen LogP contribution in [0.2, 0.25) is 0 Å². The van der Waals surface area contributed by atoms with Crippen molar-refractivity contribution in [2.75, 3.05) is 5.32 Å². The number of nitrogens with two attached hydrogens (primary N) is 1. The second-order valence-electron chi connectivity index (χ2n) is 3.70. The minimum absolute atomic E-state index is 0.0864. The number of aliphatic carboxylic acids is 1. The first-order valence-corrected chi connectivity index (χ1v) is 5.32. The molecular formula is C9H14N6O4. The highest BCUT2D eigenvalue weighted by Crippen LogP contribution is 2.00. The van der Waals surface area contributed by atoms with E-state index in [9.17, 15) is 14.4 Å². The van der Waals surface area contributed by atoms with Gasteiger partial charge in [-0.2, -0.15) is 10.1 Å². The van der Waals surface area contributed by atoms with Crippen molar-refractivity contribution in [2.45, 2.75) is 18.9 Å². The maximum atomic E-state index is 11.5. The van der Waals surface area contributed by atoms with Crippen LogP contribution in [-0.4, -0.2) is 43.8 Å². The van der Waals surface area contributed by atoms with Gasteiger partial charge in [0.15, 0.2) is 0 Å². The number of aromatic nitrogens is 3. The summed E-state index contributed by atoms with van der Waals surface area (Å²) < 4.78 is 1.30. The Balaban J connectivity index is 2.54. The lowest BCUT2D eigenvalue weighted by Gasteiger charge is -2.13. The predicted octanol–water partition coefficient (Wildman–Crippen LogP) is -1.34. The molecule has 10 heteroatoms. The Morgan fingerprint density at radius 1 is 1.53 bits per heavy atom. The highest BCUT2D eigenvalue weighted by molar-refractivity contribution is 5.91. The molecule has 0 saturated carbocycles. The third-order valence-corrected chi connectivity index (χ3v) is 2.22. The Morgan fingerprint density at radius 3 is 2.68 bits per heavy atom. The molecule has 1 unspecified atom stereocenters. The van der Waals surface area contributed by atoms with Crippen molar-refractivity contribution in [1.29, 1.82) is 0 Å². The van der Waals surface area contributed by atoms with Gasteiger partial charge in [0.1, 0.15) is 12.4 Å². The number of primary amides is 1. The fraction of sp³-hybridized carbons (Fsp3) is 0.444. The number of carbonyl (C=O) groups is 3. The summed E-state index contributed by atoms with van der Waals surface area (Å²) in [7, 11) is 1.56. The Morgan fingerprint density at radius 2 is 2.21 bits per heavy atom. The molecule has 1 heterocycles. The monoisotopic (exact) mass is 270 g/mol. The van der Waals surface area contributed by atoms with Crippen LogP contribution in [0.5, 0.6) is 0 Å². The van der Waals surface area contributed by atoms with Gasteiger partial charge in [0.05, 0.1) is 0 Å². The topological polar surface area (TPSA) is 152 Å². The number of aryl methyl sites for hydroxylation is 1. The number of rotatable bonds is 6. The van der Waals surface area contributed by atoms with Gasteiger partial charge in [-0.3, -0.25) is 10.1 Å². The van der Waals surface area contributed by atoms with Crippen LogP contribution in [0, 0.1) is 0 Å². The van der Waals surface area contributed by atoms with Crippen molar-refractivity contribution >= 4 is 23.9 Å². The normalized spacial score (nSPS) is 11.6. The molecule has 1 aromatic heterocycles. The van der Waals surface area contributed by atoms with Gasteiger partial charge < -0.3 is 16.2 Å². The molecule has 10 nitrogen and oxygen atoms in total. The summed E-state index contributed by atoms with van der Waals surface area (Å²) in [6, 6.07) is -1.96. The first-order valence-electron chi connectivity index (χ1n) is 5.32. The van der Waals surface area contributed by atoms with Gasteiger partial charge in [-0.25, -0.2) is 14.3 Å². The lowest BCUT2D eigenvalue weighted by molar-refractivity contribution is -0.139. The minimum Gasteiger partial charge on any atom is -0.480 e. The molecule has 1 aromatic rings. The number of urea groups is 1. The molecule has 0 aliphatic carbocycles. The van der Waals surface area contributed by atoms with Crippen molar-refractivity contribution in [1.82, 2.24) is 20.1 Å². The van der Waals surface area contributed by atoms with E-state index in [2.05, 4.69) is 20.7 Å². The SMILES string of the molecule is Cn1ncnc1NC(=O)NC(CCC(N)=O)C(=O)O. The summed E-state index contributed by atoms with van der Waals surface area (Å²) in [5.41, 5.74) is 4.92. The highest BCUT2D eigenvalue weighted by atomic mass is 16.4. The molecule has 0 saturated heterocycles. The maximum Gasteiger partial charge on any atom is 0.326 e. The number of amides is 3. The number of carboxylic acids is 1. The number of hydrogen-bond acceptors (Lipinski definition) is 5. The second kappa shape index (κ2) is 6.33. The molecule has 0 fully saturated rings. The van der Waals surface area contributed by atoms with E-state index in [1.165, 1.54) is 11.0 Å². The molecule has 1 atom stereocenters. The lowest BCUT2D eigenvalue weighted by atomic mass is 10.1. The van der Waals surface area contributed by atoms with Gasteiger partial charge in [0, 0.05) is 13.5 Å². The van der Waals surface area contributed by atoms with Crippen LogP contribution >= 0.6 is 0 Å². The largest absolute Gasteiger partial charge is 0.480 e. The van der Waals surface area contributed by atoms with E-state index in [4.69, 9.17) is 10.8 Å². The van der Waals surface area contributed by atoms with Gasteiger partial charge in [0.25, 0.3) is 0 Å². The summed E-state index contributed by atoms with van der Waals surface area (Å²) in [4.78, 5) is 36.8. The van der Waals surface area contributed by atoms with Gasteiger partial charge in [0.2, 0.25) is 11.9 Å². The van der Waals surface area contributed by atoms with Crippen molar-refractivity contribution in [3.05, 3.63) is 6.33 Å². The number of carboxylic acid groups (broad SMARTS) is 1. The summed E-state index contributed by atoms with van der Waals surface area (Å²) in [5.74, 6) is -1.73. The molecule has 0 aromatic carbocycles. The fourth-order valence-electron chi connectivity index (χ4n) is 1.25. The van der Waals surface area contributed by atoms with E-state index in [1.54, 1.807) is 7.05 Å². The third-order valence-electron chi connectivity index (χ3n) is 2.22. The maximum absolute atomic E-state index is 11.5. The predicted molar refractivity (Wildman–Crippen MR) is 63.0 cm³/mol. The smallest absolute Gasteiger partial charge is 0.326 e. The van der Waals surface area contributed by atoms with Crippen molar-refractivity contribution in [3.63, 3.8) is 0 Å². The minimum atomic E-state index is -1.26. The van der Waals surface area contributed by atoms with Gasteiger partial charge in [-0.1, -0.05) is 0 Å². The molecule has 5 N–H and O–H groups in total. The van der Waals surface area contributed by atoms with Crippen LogP contribution < -0.4 is 16.4 Å². The molecule has 1 rings (SSSR count). The zero-order valence-electron chi connectivity index (χ0n) is 10.2. The van der Waals surface area contributed by atoms with E-state index in [-0.39, 0.29) is 18.8 Å². The van der Waals surface area contributed by atoms with Crippen LogP contribution in [0.3, 0.4) is 0 Å². The number of anilines is 1. The molecule has 19 heavy (non-hydrogen) atoms. The van der Waals surface area contributed by atoms with Crippen molar-refractivity contribution < 1.29 is 19.5 Å². The molecule has 0 bridgehead atoms. The summed E-state index contributed by atoms with van der Waals surface area (Å²) >= 11 is 0. The van der Waals surface area contributed by atoms with Crippen LogP contribution in [0.25, 0.3) is 0 Å². The number of hydrogen-bond donors (Lipinski definition) is 4. The van der Waals surface area contributed by atoms with E-state index in [0.29, 0.717) is 0 Å². The standard InChI is InChI=1S/C9H14N6O4/c1-15-8(11-4-12-15)14-9(19)13-5(7(17)18)2-3-6(10)16/h4-5H,2-3H2,1H3,(H2,10,16)(H,17,18)(H2,11,12,13,14,19). The quantitative estimate of drug-likeness (QED) is 0.501. The Bertz CT molecular complexity index is 485. The Hall–Kier alpha value is -2.65. The van der Waals surface area contributed by atoms with Gasteiger partial charge in [-0.05, 0) is 6.42 Å². The van der Waals surface area contributed by atoms with Crippen molar-refractivity contribution in [3.8, 4) is 0 Å². The molecule has 0 aliphatic heterocycles. The zero-order valence-corrected chi connectivity index (χ0v) is 10.2. The molecule has 3 amide bonds.